The number of nitrogens with zero attached hydrogens (tertiary/aromatic N) is 1. The van der Waals surface area contributed by atoms with E-state index in [1.807, 2.05) is 0 Å². The van der Waals surface area contributed by atoms with E-state index in [0.29, 0.717) is 38.6 Å². The number of aliphatic hydroxyl groups is 1. The molecule has 0 radical (unpaired) electrons. The van der Waals surface area contributed by atoms with Crippen LogP contribution in [-0.4, -0.2) is 55.9 Å². The van der Waals surface area contributed by atoms with E-state index < -0.39 is 0 Å². The van der Waals surface area contributed by atoms with Crippen molar-refractivity contribution in [2.75, 3.05) is 40.0 Å². The van der Waals surface area contributed by atoms with Gasteiger partial charge in [0.05, 0.1) is 19.8 Å². The number of rotatable bonds is 11. The summed E-state index contributed by atoms with van der Waals surface area (Å²) in [5.41, 5.74) is 5.53. The predicted molar refractivity (Wildman–Crippen MR) is 72.2 cm³/mol. The SMILES string of the molecule is CCC(CCN)CCC(=O)N(C)CCOCCO. The Kier molecular flexibility index (Phi) is 11.0. The van der Waals surface area contributed by atoms with Crippen LogP contribution < -0.4 is 5.73 Å². The lowest BCUT2D eigenvalue weighted by Crippen LogP contribution is -2.30. The molecule has 5 nitrogen and oxygen atoms in total. The molecule has 0 saturated carbocycles. The van der Waals surface area contributed by atoms with Crippen molar-refractivity contribution in [2.45, 2.75) is 32.6 Å². The predicted octanol–water partition coefficient (Wildman–Crippen LogP) is 0.609. The van der Waals surface area contributed by atoms with Gasteiger partial charge in [0, 0.05) is 20.0 Å². The third kappa shape index (κ3) is 8.44. The molecule has 0 saturated heterocycles. The third-order valence-electron chi connectivity index (χ3n) is 3.15. The van der Waals surface area contributed by atoms with Gasteiger partial charge in [-0.25, -0.2) is 0 Å². The van der Waals surface area contributed by atoms with E-state index in [1.54, 1.807) is 11.9 Å². The van der Waals surface area contributed by atoms with Gasteiger partial charge in [0.2, 0.25) is 5.91 Å². The summed E-state index contributed by atoms with van der Waals surface area (Å²) in [4.78, 5) is 13.5. The van der Waals surface area contributed by atoms with Gasteiger partial charge < -0.3 is 20.5 Å². The first-order valence-corrected chi connectivity index (χ1v) is 6.78. The largest absolute Gasteiger partial charge is 0.394 e. The summed E-state index contributed by atoms with van der Waals surface area (Å²) in [7, 11) is 1.79. The Labute approximate surface area is 110 Å². The minimum Gasteiger partial charge on any atom is -0.394 e. The summed E-state index contributed by atoms with van der Waals surface area (Å²) in [6.45, 7) is 4.23. The summed E-state index contributed by atoms with van der Waals surface area (Å²) >= 11 is 0. The molecule has 0 rings (SSSR count). The maximum atomic E-state index is 11.8. The molecule has 0 bridgehead atoms. The van der Waals surface area contributed by atoms with Crippen LogP contribution in [0.1, 0.15) is 32.6 Å². The van der Waals surface area contributed by atoms with Gasteiger partial charge >= 0.3 is 0 Å². The van der Waals surface area contributed by atoms with E-state index in [2.05, 4.69) is 6.92 Å². The normalized spacial score (nSPS) is 12.4. The Morgan fingerprint density at radius 3 is 2.67 bits per heavy atom. The summed E-state index contributed by atoms with van der Waals surface area (Å²) < 4.78 is 5.13. The molecule has 0 aromatic rings. The first kappa shape index (κ1) is 17.4. The van der Waals surface area contributed by atoms with Crippen molar-refractivity contribution in [1.82, 2.24) is 4.90 Å². The van der Waals surface area contributed by atoms with Crippen LogP contribution in [0.4, 0.5) is 0 Å². The van der Waals surface area contributed by atoms with Gasteiger partial charge in [-0.05, 0) is 25.3 Å². The molecule has 3 N–H and O–H groups in total. The van der Waals surface area contributed by atoms with Crippen LogP contribution in [0.5, 0.6) is 0 Å². The first-order valence-electron chi connectivity index (χ1n) is 6.78. The third-order valence-corrected chi connectivity index (χ3v) is 3.15. The summed E-state index contributed by atoms with van der Waals surface area (Å²) in [6, 6.07) is 0. The van der Waals surface area contributed by atoms with Crippen molar-refractivity contribution in [1.29, 1.82) is 0 Å². The number of ether oxygens (including phenoxy) is 1. The highest BCUT2D eigenvalue weighted by Crippen LogP contribution is 2.15. The lowest BCUT2D eigenvalue weighted by Gasteiger charge is -2.19. The van der Waals surface area contributed by atoms with Crippen LogP contribution in [0, 0.1) is 5.92 Å². The average molecular weight is 260 g/mol. The molecule has 5 heteroatoms. The number of likely N-dealkylation sites (N-methyl/N-ethyl adjacent to an activating group) is 1. The molecule has 108 valence electrons. The number of aliphatic hydroxyl groups excluding tert-OH is 1. The molecule has 18 heavy (non-hydrogen) atoms. The van der Waals surface area contributed by atoms with Crippen molar-refractivity contribution in [3.8, 4) is 0 Å². The molecule has 0 spiro atoms. The number of nitrogens with two attached hydrogens (primary N) is 1. The number of hydrogen-bond acceptors (Lipinski definition) is 4. The molecular formula is C13H28N2O3. The van der Waals surface area contributed by atoms with Gasteiger partial charge in [0.25, 0.3) is 0 Å². The molecule has 1 unspecified atom stereocenters. The minimum atomic E-state index is 0.0227. The van der Waals surface area contributed by atoms with E-state index in [0.717, 1.165) is 19.3 Å². The molecular weight excluding hydrogens is 232 g/mol. The topological polar surface area (TPSA) is 75.8 Å². The van der Waals surface area contributed by atoms with E-state index >= 15 is 0 Å². The first-order chi connectivity index (χ1) is 8.65. The summed E-state index contributed by atoms with van der Waals surface area (Å²) in [5, 5.41) is 8.55. The van der Waals surface area contributed by atoms with E-state index in [4.69, 9.17) is 15.6 Å². The van der Waals surface area contributed by atoms with Crippen LogP contribution in [0.2, 0.25) is 0 Å². The zero-order valence-electron chi connectivity index (χ0n) is 11.7. The lowest BCUT2D eigenvalue weighted by molar-refractivity contribution is -0.130. The fraction of sp³-hybridized carbons (Fsp3) is 0.923. The van der Waals surface area contributed by atoms with Gasteiger partial charge in [-0.1, -0.05) is 13.3 Å². The molecule has 0 heterocycles. The van der Waals surface area contributed by atoms with Crippen LogP contribution in [0.25, 0.3) is 0 Å². The van der Waals surface area contributed by atoms with Gasteiger partial charge in [-0.15, -0.1) is 0 Å². The maximum Gasteiger partial charge on any atom is 0.222 e. The van der Waals surface area contributed by atoms with Gasteiger partial charge in [-0.3, -0.25) is 4.79 Å². The van der Waals surface area contributed by atoms with Gasteiger partial charge in [0.1, 0.15) is 0 Å². The second-order valence-corrected chi connectivity index (χ2v) is 4.54. The lowest BCUT2D eigenvalue weighted by atomic mass is 9.96. The van der Waals surface area contributed by atoms with Crippen molar-refractivity contribution in [2.24, 2.45) is 11.7 Å². The summed E-state index contributed by atoms with van der Waals surface area (Å²) in [6.07, 6.45) is 3.56. The van der Waals surface area contributed by atoms with Crippen molar-refractivity contribution in [3.63, 3.8) is 0 Å². The quantitative estimate of drug-likeness (QED) is 0.534. The molecule has 1 amide bonds. The highest BCUT2D eigenvalue weighted by atomic mass is 16.5. The molecule has 0 aliphatic heterocycles. The molecule has 0 aromatic carbocycles. The van der Waals surface area contributed by atoms with Gasteiger partial charge in [0.15, 0.2) is 0 Å². The number of carbonyl (C=O) groups excluding carboxylic acids is 1. The second kappa shape index (κ2) is 11.4. The Bertz CT molecular complexity index is 212. The average Bonchev–Trinajstić information content (AvgIpc) is 2.38. The van der Waals surface area contributed by atoms with Crippen LogP contribution in [-0.2, 0) is 9.53 Å². The van der Waals surface area contributed by atoms with Crippen LogP contribution in [0.15, 0.2) is 0 Å². The Morgan fingerprint density at radius 2 is 2.11 bits per heavy atom. The molecule has 0 fully saturated rings. The fourth-order valence-electron chi connectivity index (χ4n) is 1.80. The van der Waals surface area contributed by atoms with Crippen LogP contribution >= 0.6 is 0 Å². The Morgan fingerprint density at radius 1 is 1.39 bits per heavy atom. The molecule has 1 atom stereocenters. The van der Waals surface area contributed by atoms with E-state index in [-0.39, 0.29) is 12.5 Å². The van der Waals surface area contributed by atoms with Gasteiger partial charge in [-0.2, -0.15) is 0 Å². The van der Waals surface area contributed by atoms with Crippen molar-refractivity contribution in [3.05, 3.63) is 0 Å². The highest BCUT2D eigenvalue weighted by Gasteiger charge is 2.12. The fourth-order valence-corrected chi connectivity index (χ4v) is 1.80. The number of amides is 1. The Hall–Kier alpha value is -0.650. The number of carbonyl (C=O) groups is 1. The second-order valence-electron chi connectivity index (χ2n) is 4.54. The van der Waals surface area contributed by atoms with Crippen molar-refractivity contribution < 1.29 is 14.6 Å². The van der Waals surface area contributed by atoms with Crippen molar-refractivity contribution >= 4 is 5.91 Å². The standard InChI is InChI=1S/C13H28N2O3/c1-3-12(6-7-14)4-5-13(17)15(2)8-10-18-11-9-16/h12,16H,3-11,14H2,1-2H3. The maximum absolute atomic E-state index is 11.8. The highest BCUT2D eigenvalue weighted by molar-refractivity contribution is 5.75. The number of hydrogen-bond donors (Lipinski definition) is 2. The monoisotopic (exact) mass is 260 g/mol. The minimum absolute atomic E-state index is 0.0227. The molecule has 0 aromatic heterocycles. The summed E-state index contributed by atoms with van der Waals surface area (Å²) in [5.74, 6) is 0.705. The smallest absolute Gasteiger partial charge is 0.222 e. The van der Waals surface area contributed by atoms with Crippen LogP contribution in [0.3, 0.4) is 0 Å². The zero-order valence-corrected chi connectivity index (χ0v) is 11.7. The van der Waals surface area contributed by atoms with E-state index in [1.165, 1.54) is 0 Å². The Balaban J connectivity index is 3.72. The zero-order chi connectivity index (χ0) is 13.8. The van der Waals surface area contributed by atoms with E-state index in [9.17, 15) is 4.79 Å². The molecule has 0 aliphatic carbocycles. The molecule has 0 aliphatic rings.